The van der Waals surface area contributed by atoms with Crippen molar-refractivity contribution >= 4 is 29.4 Å². The molecule has 0 radical (unpaired) electrons. The van der Waals surface area contributed by atoms with Gasteiger partial charge in [-0.2, -0.15) is 0 Å². The number of nitrogens with zero attached hydrogens (tertiary/aromatic N) is 1. The molecule has 2 amide bonds. The van der Waals surface area contributed by atoms with Crippen molar-refractivity contribution in [3.05, 3.63) is 34.9 Å². The van der Waals surface area contributed by atoms with Gasteiger partial charge in [0, 0.05) is 18.5 Å². The van der Waals surface area contributed by atoms with E-state index in [2.05, 4.69) is 5.32 Å². The first kappa shape index (κ1) is 16.3. The van der Waals surface area contributed by atoms with Gasteiger partial charge in [0.05, 0.1) is 12.1 Å². The predicted octanol–water partition coefficient (Wildman–Crippen LogP) is 1.45. The molecule has 1 heterocycles. The van der Waals surface area contributed by atoms with Crippen LogP contribution >= 0.6 is 11.6 Å². The summed E-state index contributed by atoms with van der Waals surface area (Å²) in [5, 5.41) is 12.1. The summed E-state index contributed by atoms with van der Waals surface area (Å²) in [6.45, 7) is 1.31. The van der Waals surface area contributed by atoms with Gasteiger partial charge < -0.3 is 15.3 Å². The molecule has 1 aliphatic rings. The van der Waals surface area contributed by atoms with E-state index in [1.54, 1.807) is 36.2 Å². The molecule has 0 aliphatic carbocycles. The molecule has 1 fully saturated rings. The molecule has 1 aliphatic heterocycles. The van der Waals surface area contributed by atoms with Crippen molar-refractivity contribution < 1.29 is 19.5 Å². The Labute approximate surface area is 133 Å². The Bertz CT molecular complexity index is 602. The number of benzene rings is 1. The molecule has 1 saturated heterocycles. The van der Waals surface area contributed by atoms with Gasteiger partial charge in [-0.15, -0.1) is 0 Å². The van der Waals surface area contributed by atoms with Crippen molar-refractivity contribution in [3.8, 4) is 0 Å². The van der Waals surface area contributed by atoms with Gasteiger partial charge >= 0.3 is 5.97 Å². The van der Waals surface area contributed by atoms with Crippen LogP contribution in [0.15, 0.2) is 24.3 Å². The summed E-state index contributed by atoms with van der Waals surface area (Å²) < 4.78 is 0. The number of amides is 2. The number of halogens is 1. The lowest BCUT2D eigenvalue weighted by Crippen LogP contribution is -2.43. The third-order valence-corrected chi connectivity index (χ3v) is 4.14. The van der Waals surface area contributed by atoms with Crippen molar-refractivity contribution in [2.75, 3.05) is 7.05 Å². The van der Waals surface area contributed by atoms with Gasteiger partial charge in [0.2, 0.25) is 11.8 Å². The molecule has 1 aromatic rings. The van der Waals surface area contributed by atoms with Crippen LogP contribution in [0, 0.1) is 5.92 Å². The first-order valence-electron chi connectivity index (χ1n) is 6.85. The van der Waals surface area contributed by atoms with Crippen molar-refractivity contribution in [2.45, 2.75) is 25.4 Å². The summed E-state index contributed by atoms with van der Waals surface area (Å²) in [4.78, 5) is 36.3. The average Bonchev–Trinajstić information content (AvgIpc) is 2.74. The summed E-state index contributed by atoms with van der Waals surface area (Å²) >= 11 is 5.86. The van der Waals surface area contributed by atoms with E-state index in [0.717, 1.165) is 5.56 Å². The zero-order valence-electron chi connectivity index (χ0n) is 12.2. The van der Waals surface area contributed by atoms with E-state index in [1.807, 2.05) is 0 Å². The standard InChI is InChI=1S/C15H17ClN2O4/c1-8(15(21)22)14(20)17-11-7-12(19)18(2)13(11)9-3-5-10(16)6-4-9/h3-6,8,11,13H,7H2,1-2H3,(H,17,20)(H,21,22)/t8-,11+,13+/m0/s1. The largest absolute Gasteiger partial charge is 0.481 e. The molecule has 2 N–H and O–H groups in total. The Balaban J connectivity index is 2.21. The number of carboxylic acids is 1. The van der Waals surface area contributed by atoms with E-state index < -0.39 is 23.8 Å². The van der Waals surface area contributed by atoms with Crippen molar-refractivity contribution in [2.24, 2.45) is 5.92 Å². The molecule has 7 heteroatoms. The maximum absolute atomic E-state index is 12.0. The minimum Gasteiger partial charge on any atom is -0.481 e. The topological polar surface area (TPSA) is 86.7 Å². The van der Waals surface area contributed by atoms with Crippen LogP contribution in [0.2, 0.25) is 5.02 Å². The molecule has 2 rings (SSSR count). The smallest absolute Gasteiger partial charge is 0.315 e. The monoisotopic (exact) mass is 324 g/mol. The number of aliphatic carboxylic acids is 1. The molecular formula is C15H17ClN2O4. The van der Waals surface area contributed by atoms with Gasteiger partial charge in [0.25, 0.3) is 0 Å². The van der Waals surface area contributed by atoms with Crippen molar-refractivity contribution in [1.29, 1.82) is 0 Å². The molecule has 3 atom stereocenters. The first-order valence-corrected chi connectivity index (χ1v) is 7.23. The van der Waals surface area contributed by atoms with Gasteiger partial charge in [-0.25, -0.2) is 0 Å². The maximum atomic E-state index is 12.0. The number of rotatable bonds is 4. The molecule has 0 spiro atoms. The van der Waals surface area contributed by atoms with E-state index in [4.69, 9.17) is 16.7 Å². The zero-order valence-corrected chi connectivity index (χ0v) is 13.0. The van der Waals surface area contributed by atoms with Crippen LogP contribution in [0.4, 0.5) is 0 Å². The third kappa shape index (κ3) is 3.22. The highest BCUT2D eigenvalue weighted by Gasteiger charge is 2.40. The Morgan fingerprint density at radius 2 is 1.95 bits per heavy atom. The Hall–Kier alpha value is -2.08. The predicted molar refractivity (Wildman–Crippen MR) is 80.3 cm³/mol. The highest BCUT2D eigenvalue weighted by molar-refractivity contribution is 6.30. The fraction of sp³-hybridized carbons (Fsp3) is 0.400. The van der Waals surface area contributed by atoms with Crippen molar-refractivity contribution in [3.63, 3.8) is 0 Å². The van der Waals surface area contributed by atoms with E-state index in [0.29, 0.717) is 5.02 Å². The second kappa shape index (κ2) is 6.36. The number of nitrogens with one attached hydrogen (secondary N) is 1. The number of carbonyl (C=O) groups excluding carboxylic acids is 2. The van der Waals surface area contributed by atoms with Crippen molar-refractivity contribution in [1.82, 2.24) is 10.2 Å². The van der Waals surface area contributed by atoms with Crippen LogP contribution in [0.3, 0.4) is 0 Å². The van der Waals surface area contributed by atoms with Crippen LogP contribution in [0.1, 0.15) is 24.9 Å². The number of carbonyl (C=O) groups is 3. The minimum absolute atomic E-state index is 0.103. The van der Waals surface area contributed by atoms with E-state index in [-0.39, 0.29) is 18.4 Å². The van der Waals surface area contributed by atoms with Crippen LogP contribution < -0.4 is 5.32 Å². The van der Waals surface area contributed by atoms with Crippen LogP contribution in [-0.2, 0) is 14.4 Å². The molecule has 1 aromatic carbocycles. The van der Waals surface area contributed by atoms with E-state index >= 15 is 0 Å². The molecule has 0 saturated carbocycles. The zero-order chi connectivity index (χ0) is 16.4. The summed E-state index contributed by atoms with van der Waals surface area (Å²) in [6, 6.07) is 6.21. The number of likely N-dealkylation sites (tertiary alicyclic amines) is 1. The quantitative estimate of drug-likeness (QED) is 0.821. The van der Waals surface area contributed by atoms with Gasteiger partial charge in [-0.05, 0) is 24.6 Å². The SMILES string of the molecule is C[C@H](C(=O)O)C(=O)N[C@@H]1CC(=O)N(C)[C@@H]1c1ccc(Cl)cc1. The number of carboxylic acid groups (broad SMARTS) is 1. The molecule has 0 aromatic heterocycles. The average molecular weight is 325 g/mol. The Morgan fingerprint density at radius 3 is 2.50 bits per heavy atom. The maximum Gasteiger partial charge on any atom is 0.315 e. The number of hydrogen-bond donors (Lipinski definition) is 2. The summed E-state index contributed by atoms with van der Waals surface area (Å²) in [6.07, 6.45) is 0.141. The molecular weight excluding hydrogens is 308 g/mol. The molecule has 6 nitrogen and oxygen atoms in total. The second-order valence-corrected chi connectivity index (χ2v) is 5.82. The second-order valence-electron chi connectivity index (χ2n) is 5.38. The normalized spacial score (nSPS) is 22.5. The molecule has 22 heavy (non-hydrogen) atoms. The van der Waals surface area contributed by atoms with E-state index in [1.165, 1.54) is 6.92 Å². The molecule has 118 valence electrons. The van der Waals surface area contributed by atoms with Gasteiger partial charge in [-0.3, -0.25) is 14.4 Å². The molecule has 0 unspecified atom stereocenters. The summed E-state index contributed by atoms with van der Waals surface area (Å²) in [7, 11) is 1.66. The van der Waals surface area contributed by atoms with Crippen LogP contribution in [-0.4, -0.2) is 40.9 Å². The number of hydrogen-bond acceptors (Lipinski definition) is 3. The lowest BCUT2D eigenvalue weighted by atomic mass is 9.99. The molecule has 0 bridgehead atoms. The highest BCUT2D eigenvalue weighted by Crippen LogP contribution is 2.32. The minimum atomic E-state index is -1.20. The first-order chi connectivity index (χ1) is 10.3. The Kier molecular flexibility index (Phi) is 4.71. The van der Waals surface area contributed by atoms with Crippen LogP contribution in [0.5, 0.6) is 0 Å². The lowest BCUT2D eigenvalue weighted by Gasteiger charge is -2.26. The summed E-state index contributed by atoms with van der Waals surface area (Å²) in [5.41, 5.74) is 0.839. The van der Waals surface area contributed by atoms with E-state index in [9.17, 15) is 14.4 Å². The summed E-state index contributed by atoms with van der Waals surface area (Å²) in [5.74, 6) is -3.06. The van der Waals surface area contributed by atoms with Gasteiger partial charge in [-0.1, -0.05) is 23.7 Å². The Morgan fingerprint density at radius 1 is 1.36 bits per heavy atom. The lowest BCUT2D eigenvalue weighted by molar-refractivity contribution is -0.146. The van der Waals surface area contributed by atoms with Gasteiger partial charge in [0.1, 0.15) is 5.92 Å². The van der Waals surface area contributed by atoms with Gasteiger partial charge in [0.15, 0.2) is 0 Å². The van der Waals surface area contributed by atoms with Crippen LogP contribution in [0.25, 0.3) is 0 Å². The third-order valence-electron chi connectivity index (χ3n) is 3.89. The fourth-order valence-corrected chi connectivity index (χ4v) is 2.66. The number of likely N-dealkylation sites (N-methyl/N-ethyl adjacent to an activating group) is 1. The highest BCUT2D eigenvalue weighted by atomic mass is 35.5. The fourth-order valence-electron chi connectivity index (χ4n) is 2.53.